The minimum atomic E-state index is 0.0520. The lowest BCUT2D eigenvalue weighted by molar-refractivity contribution is -0.959. The molecule has 0 radical (unpaired) electrons. The number of carbonyl (C=O) groups is 1. The number of rotatable bonds is 18. The van der Waals surface area contributed by atoms with E-state index in [4.69, 9.17) is 4.99 Å². The van der Waals surface area contributed by atoms with Crippen molar-refractivity contribution in [3.8, 4) is 0 Å². The Hall–Kier alpha value is -1.16. The zero-order valence-corrected chi connectivity index (χ0v) is 20.5. The van der Waals surface area contributed by atoms with E-state index in [2.05, 4.69) is 44.5 Å². The average Bonchev–Trinajstić information content (AvgIpc) is 3.14. The summed E-state index contributed by atoms with van der Waals surface area (Å²) in [7, 11) is 0. The predicted octanol–water partition coefficient (Wildman–Crippen LogP) is 6.75. The number of unbranched alkanes of at least 4 members (excludes halogenated alkanes) is 11. The molecule has 1 aliphatic rings. The summed E-state index contributed by atoms with van der Waals surface area (Å²) in [5, 5.41) is 3.10. The van der Waals surface area contributed by atoms with Crippen LogP contribution in [0, 0.1) is 0 Å². The molecule has 0 bridgehead atoms. The molecule has 1 N–H and O–H groups in total. The van der Waals surface area contributed by atoms with Crippen LogP contribution in [0.3, 0.4) is 0 Å². The smallest absolute Gasteiger partial charge is 0.221 e. The van der Waals surface area contributed by atoms with Crippen molar-refractivity contribution < 1.29 is 9.28 Å². The Kier molecular flexibility index (Phi) is 14.8. The molecule has 0 saturated carbocycles. The maximum absolute atomic E-state index is 11.5. The summed E-state index contributed by atoms with van der Waals surface area (Å²) in [4.78, 5) is 16.3. The zero-order valence-electron chi connectivity index (χ0n) is 20.5. The van der Waals surface area contributed by atoms with Crippen LogP contribution in [0.4, 0.5) is 0 Å². The summed E-state index contributed by atoms with van der Waals surface area (Å²) < 4.78 is 0.869. The highest BCUT2D eigenvalue weighted by Gasteiger charge is 2.42. The van der Waals surface area contributed by atoms with Gasteiger partial charge in [-0.2, -0.15) is 0 Å². The standard InChI is InChI=1S/C26H49N3O/c1-5-7-8-9-10-11-12-13-14-15-16-17-18-19-20-21-26-27-22-23-29(26,6-2)24(3)28-25(4)30/h16-17,22,24,26H,5-15,18-21,23H2,1-4H3/p+1/b17-16+. The van der Waals surface area contributed by atoms with Gasteiger partial charge in [-0.1, -0.05) is 70.4 Å². The van der Waals surface area contributed by atoms with Gasteiger partial charge in [0.25, 0.3) is 0 Å². The van der Waals surface area contributed by atoms with Crippen molar-refractivity contribution in [2.45, 2.75) is 130 Å². The molecule has 1 aliphatic heterocycles. The maximum Gasteiger partial charge on any atom is 0.221 e. The molecule has 3 atom stereocenters. The van der Waals surface area contributed by atoms with Gasteiger partial charge in [0.15, 0.2) is 12.3 Å². The van der Waals surface area contributed by atoms with E-state index < -0.39 is 0 Å². The van der Waals surface area contributed by atoms with Crippen molar-refractivity contribution in [3.63, 3.8) is 0 Å². The number of allylic oxidation sites excluding steroid dienone is 2. The van der Waals surface area contributed by atoms with E-state index in [1.807, 2.05) is 0 Å². The third-order valence-corrected chi connectivity index (χ3v) is 6.79. The first-order chi connectivity index (χ1) is 14.6. The van der Waals surface area contributed by atoms with Crippen molar-refractivity contribution in [1.29, 1.82) is 0 Å². The van der Waals surface area contributed by atoms with Gasteiger partial charge in [0.05, 0.1) is 12.8 Å². The lowest BCUT2D eigenvalue weighted by Gasteiger charge is -2.42. The third kappa shape index (κ3) is 10.2. The molecule has 30 heavy (non-hydrogen) atoms. The van der Waals surface area contributed by atoms with Gasteiger partial charge in [-0.05, 0) is 39.0 Å². The molecule has 0 fully saturated rings. The lowest BCUT2D eigenvalue weighted by Crippen LogP contribution is -2.63. The van der Waals surface area contributed by atoms with E-state index in [-0.39, 0.29) is 12.1 Å². The SMILES string of the molecule is CCCCCCCCCCC/C=C/CCCCC1N=CC[N+]1(CC)C(C)NC(C)=O. The number of hydrogen-bond acceptors (Lipinski definition) is 2. The summed E-state index contributed by atoms with van der Waals surface area (Å²) >= 11 is 0. The number of aliphatic imine (C=N–C) groups is 1. The fourth-order valence-electron chi connectivity index (χ4n) is 4.76. The number of hydrogen-bond donors (Lipinski definition) is 1. The second-order valence-electron chi connectivity index (χ2n) is 9.16. The van der Waals surface area contributed by atoms with E-state index in [0.29, 0.717) is 6.17 Å². The van der Waals surface area contributed by atoms with Crippen molar-refractivity contribution >= 4 is 12.1 Å². The molecule has 0 aromatic rings. The Labute approximate surface area is 187 Å². The van der Waals surface area contributed by atoms with E-state index >= 15 is 0 Å². The largest absolute Gasteiger partial charge is 0.307 e. The van der Waals surface area contributed by atoms with Crippen LogP contribution in [-0.2, 0) is 4.79 Å². The fourth-order valence-corrected chi connectivity index (χ4v) is 4.76. The highest BCUT2D eigenvalue weighted by molar-refractivity contribution is 5.73. The maximum atomic E-state index is 11.5. The topological polar surface area (TPSA) is 41.5 Å². The third-order valence-electron chi connectivity index (χ3n) is 6.79. The van der Waals surface area contributed by atoms with Crippen LogP contribution >= 0.6 is 0 Å². The van der Waals surface area contributed by atoms with Crippen LogP contribution in [-0.4, -0.2) is 42.0 Å². The van der Waals surface area contributed by atoms with Crippen LogP contribution in [0.15, 0.2) is 17.1 Å². The molecule has 0 spiro atoms. The van der Waals surface area contributed by atoms with Crippen LogP contribution in [0.2, 0.25) is 0 Å². The summed E-state index contributed by atoms with van der Waals surface area (Å²) in [5.41, 5.74) is 0. The van der Waals surface area contributed by atoms with Crippen molar-refractivity contribution in [2.24, 2.45) is 4.99 Å². The Morgan fingerprint density at radius 1 is 1.00 bits per heavy atom. The number of quaternary nitrogens is 1. The van der Waals surface area contributed by atoms with Gasteiger partial charge < -0.3 is 5.32 Å². The van der Waals surface area contributed by atoms with Crippen LogP contribution in [0.1, 0.15) is 118 Å². The number of carbonyl (C=O) groups excluding carboxylic acids is 1. The van der Waals surface area contributed by atoms with Gasteiger partial charge in [-0.3, -0.25) is 9.28 Å². The normalized spacial score (nSPS) is 22.1. The Balaban J connectivity index is 2.08. The second kappa shape index (κ2) is 16.5. The monoisotopic (exact) mass is 420 g/mol. The van der Waals surface area contributed by atoms with Gasteiger partial charge in [-0.25, -0.2) is 4.99 Å². The number of nitrogens with zero attached hydrogens (tertiary/aromatic N) is 2. The zero-order chi connectivity index (χ0) is 22.1. The number of amides is 1. The molecule has 174 valence electrons. The molecule has 0 aliphatic carbocycles. The molecule has 0 aromatic carbocycles. The fraction of sp³-hybridized carbons (Fsp3) is 0.846. The van der Waals surface area contributed by atoms with Gasteiger partial charge in [0, 0.05) is 20.3 Å². The van der Waals surface area contributed by atoms with E-state index in [9.17, 15) is 4.79 Å². The Morgan fingerprint density at radius 2 is 1.57 bits per heavy atom. The quantitative estimate of drug-likeness (QED) is 0.149. The van der Waals surface area contributed by atoms with Gasteiger partial charge in [0.2, 0.25) is 5.91 Å². The summed E-state index contributed by atoms with van der Waals surface area (Å²) in [6, 6.07) is 0. The van der Waals surface area contributed by atoms with E-state index in [1.165, 1.54) is 83.5 Å². The van der Waals surface area contributed by atoms with Gasteiger partial charge in [0.1, 0.15) is 6.54 Å². The van der Waals surface area contributed by atoms with Crippen molar-refractivity contribution in [2.75, 3.05) is 13.1 Å². The predicted molar refractivity (Wildman–Crippen MR) is 131 cm³/mol. The van der Waals surface area contributed by atoms with Crippen molar-refractivity contribution in [1.82, 2.24) is 5.32 Å². The molecule has 3 unspecified atom stereocenters. The first kappa shape index (κ1) is 26.9. The van der Waals surface area contributed by atoms with E-state index in [0.717, 1.165) is 24.0 Å². The summed E-state index contributed by atoms with van der Waals surface area (Å²) in [6.07, 6.45) is 25.9. The minimum absolute atomic E-state index is 0.0520. The molecule has 1 heterocycles. The van der Waals surface area contributed by atoms with E-state index in [1.54, 1.807) is 6.92 Å². The first-order valence-electron chi connectivity index (χ1n) is 12.9. The molecule has 0 aromatic heterocycles. The molecule has 0 saturated heterocycles. The van der Waals surface area contributed by atoms with Crippen LogP contribution < -0.4 is 5.32 Å². The molecular weight excluding hydrogens is 370 g/mol. The van der Waals surface area contributed by atoms with Crippen LogP contribution in [0.5, 0.6) is 0 Å². The highest BCUT2D eigenvalue weighted by atomic mass is 16.1. The molecule has 1 amide bonds. The van der Waals surface area contributed by atoms with Gasteiger partial charge in [-0.15, -0.1) is 0 Å². The lowest BCUT2D eigenvalue weighted by atomic mass is 10.1. The Bertz CT molecular complexity index is 503. The minimum Gasteiger partial charge on any atom is -0.307 e. The molecule has 4 heteroatoms. The number of nitrogens with one attached hydrogen (secondary N) is 1. The second-order valence-corrected chi connectivity index (χ2v) is 9.16. The molecule has 1 rings (SSSR count). The molecular formula is C26H50N3O+. The highest BCUT2D eigenvalue weighted by Crippen LogP contribution is 2.26. The van der Waals surface area contributed by atoms with Gasteiger partial charge >= 0.3 is 0 Å². The Morgan fingerprint density at radius 3 is 2.13 bits per heavy atom. The first-order valence-corrected chi connectivity index (χ1v) is 12.9. The average molecular weight is 421 g/mol. The molecule has 4 nitrogen and oxygen atoms in total. The van der Waals surface area contributed by atoms with Crippen LogP contribution in [0.25, 0.3) is 0 Å². The summed E-state index contributed by atoms with van der Waals surface area (Å²) in [6.45, 7) is 10.2. The summed E-state index contributed by atoms with van der Waals surface area (Å²) in [5.74, 6) is 0.0520. The van der Waals surface area contributed by atoms with Crippen molar-refractivity contribution in [3.05, 3.63) is 12.2 Å².